The van der Waals surface area contributed by atoms with E-state index in [1.165, 1.54) is 12.1 Å². The molecule has 12 rings (SSSR count). The van der Waals surface area contributed by atoms with Crippen LogP contribution in [0.2, 0.25) is 0 Å². The van der Waals surface area contributed by atoms with E-state index in [0.717, 1.165) is 94.0 Å². The number of phenols is 1. The van der Waals surface area contributed by atoms with E-state index in [0.29, 0.717) is 86.7 Å². The predicted octanol–water partition coefficient (Wildman–Crippen LogP) is 7.25. The van der Waals surface area contributed by atoms with Gasteiger partial charge in [-0.2, -0.15) is 9.97 Å². The van der Waals surface area contributed by atoms with Crippen LogP contribution in [0.15, 0.2) is 48.7 Å². The third-order valence-electron chi connectivity index (χ3n) is 17.0. The van der Waals surface area contributed by atoms with E-state index in [4.69, 9.17) is 19.7 Å². The second kappa shape index (κ2) is 18.3. The van der Waals surface area contributed by atoms with E-state index in [9.17, 15) is 14.7 Å². The Bertz CT molecular complexity index is 2920. The number of piperazine rings is 2. The van der Waals surface area contributed by atoms with E-state index in [2.05, 4.69) is 37.6 Å². The summed E-state index contributed by atoms with van der Waals surface area (Å²) in [6.45, 7) is 9.05. The van der Waals surface area contributed by atoms with E-state index < -0.39 is 46.7 Å². The van der Waals surface area contributed by atoms with Crippen LogP contribution in [0.3, 0.4) is 0 Å². The van der Waals surface area contributed by atoms with E-state index in [1.54, 1.807) is 18.3 Å². The minimum Gasteiger partial charge on any atom is -0.508 e. The average molecular weight is 991 g/mol. The van der Waals surface area contributed by atoms with Crippen molar-refractivity contribution in [2.75, 3.05) is 87.2 Å². The Balaban J connectivity index is 0.667. The maximum atomic E-state index is 17.2. The molecular weight excluding hydrogens is 929 g/mol. The molecule has 2 bridgehead atoms. The Hall–Kier alpha value is -5.85. The van der Waals surface area contributed by atoms with E-state index >= 15 is 17.6 Å². The fourth-order valence-corrected chi connectivity index (χ4v) is 13.1. The molecule has 380 valence electrons. The van der Waals surface area contributed by atoms with Crippen molar-refractivity contribution in [3.05, 3.63) is 71.7 Å². The number of alkyl halides is 1. The van der Waals surface area contributed by atoms with E-state index in [-0.39, 0.29) is 46.6 Å². The molecule has 7 aliphatic rings. The largest absolute Gasteiger partial charge is 0.508 e. The SMILES string of the molecule is CCc1cccc2cc(O)cc(-c3ncc4c(N5CC6CCC(C5)N6)nc(OCC5(CN6CCC7(CC6)CC(F)(CN6CCN(c8cc(F)c(NC9CCC(=O)NC9=O)c(F)c8)CC6)C7)CC5)nc4c3F)c12. The van der Waals surface area contributed by atoms with Gasteiger partial charge in [0.25, 0.3) is 0 Å². The van der Waals surface area contributed by atoms with E-state index in [1.807, 2.05) is 23.1 Å². The number of carbonyl (C=O) groups excluding carboxylic acids is 2. The molecule has 5 aromatic rings. The van der Waals surface area contributed by atoms with Gasteiger partial charge in [0, 0.05) is 93.7 Å². The number of amides is 2. The van der Waals surface area contributed by atoms with Crippen LogP contribution in [-0.4, -0.2) is 138 Å². The van der Waals surface area contributed by atoms with Crippen molar-refractivity contribution < 1.29 is 37.0 Å². The second-order valence-electron chi connectivity index (χ2n) is 22.2. The molecule has 5 saturated heterocycles. The monoisotopic (exact) mass is 990 g/mol. The first-order valence-electron chi connectivity index (χ1n) is 26.0. The van der Waals surface area contributed by atoms with Crippen LogP contribution in [0.5, 0.6) is 11.8 Å². The molecule has 7 fully saturated rings. The lowest BCUT2D eigenvalue weighted by atomic mass is 9.55. The maximum Gasteiger partial charge on any atom is 0.319 e. The van der Waals surface area contributed by atoms with Gasteiger partial charge >= 0.3 is 6.01 Å². The number of hydrogen-bond donors (Lipinski definition) is 4. The number of pyridine rings is 1. The van der Waals surface area contributed by atoms with Crippen LogP contribution in [0.25, 0.3) is 32.9 Å². The lowest BCUT2D eigenvalue weighted by Crippen LogP contribution is -2.60. The summed E-state index contributed by atoms with van der Waals surface area (Å²) in [7, 11) is 0. The lowest BCUT2D eigenvalue weighted by Gasteiger charge is -2.57. The number of imide groups is 1. The number of fused-ring (bicyclic) bond motifs is 4. The highest BCUT2D eigenvalue weighted by Crippen LogP contribution is 2.58. The number of anilines is 3. The van der Waals surface area contributed by atoms with Gasteiger partial charge in [-0.25, -0.2) is 17.6 Å². The molecule has 72 heavy (non-hydrogen) atoms. The molecule has 3 unspecified atom stereocenters. The third kappa shape index (κ3) is 9.05. The summed E-state index contributed by atoms with van der Waals surface area (Å²) in [5.74, 6) is -2.56. The van der Waals surface area contributed by atoms with Crippen LogP contribution < -0.4 is 30.5 Å². The molecule has 3 aromatic carbocycles. The number of rotatable bonds is 13. The number of likely N-dealkylation sites (tertiary alicyclic amines) is 1. The number of aryl methyl sites for hydroxylation is 1. The number of nitrogens with one attached hydrogen (secondary N) is 3. The molecule has 14 nitrogen and oxygen atoms in total. The number of carbonyl (C=O) groups is 2. The normalized spacial score (nSPS) is 24.7. The number of aromatic nitrogens is 3. The first kappa shape index (κ1) is 47.2. The maximum absolute atomic E-state index is 17.2. The highest BCUT2D eigenvalue weighted by atomic mass is 19.1. The summed E-state index contributed by atoms with van der Waals surface area (Å²) < 4.78 is 70.5. The van der Waals surface area contributed by atoms with Gasteiger partial charge in [-0.1, -0.05) is 25.1 Å². The van der Waals surface area contributed by atoms with Crippen LogP contribution >= 0.6 is 0 Å². The van der Waals surface area contributed by atoms with Gasteiger partial charge < -0.3 is 35.2 Å². The zero-order chi connectivity index (χ0) is 49.5. The standard InChI is InChI=1S/C54H62F4N10O4/c1-2-32-4-3-5-33-20-37(69)23-38(44(32)33)46-45(57)47-39(24-59-46)49(68-25-34-6-7-35(26-68)60-34)64-51(63-47)72-31-53(10-11-53)29-65-14-12-52(13-15-65)27-54(58,28-52)30-66-16-18-67(19-17-66)36-21-40(55)48(41(56)22-36)61-42-8-9-43(70)62-50(42)71/h3-5,20-24,34-35,42,60-61,69H,2,6-19,25-31H2,1H3,(H,62,70,71). The van der Waals surface area contributed by atoms with Crippen molar-refractivity contribution >= 4 is 50.7 Å². The average Bonchev–Trinajstić information content (AvgIpc) is 4.04. The zero-order valence-electron chi connectivity index (χ0n) is 40.7. The number of benzene rings is 3. The van der Waals surface area contributed by atoms with Gasteiger partial charge in [0.1, 0.15) is 40.2 Å². The van der Waals surface area contributed by atoms with Gasteiger partial charge in [-0.3, -0.25) is 24.8 Å². The van der Waals surface area contributed by atoms with Crippen LogP contribution in [0, 0.1) is 28.3 Å². The zero-order valence-corrected chi connectivity index (χ0v) is 40.7. The van der Waals surface area contributed by atoms with Crippen LogP contribution in [0.4, 0.5) is 34.8 Å². The number of halogens is 4. The fraction of sp³-hybridized carbons (Fsp3) is 0.537. The number of aromatic hydroxyl groups is 1. The van der Waals surface area contributed by atoms with Gasteiger partial charge in [-0.15, -0.1) is 0 Å². The summed E-state index contributed by atoms with van der Waals surface area (Å²) in [5.41, 5.74) is 0.452. The Morgan fingerprint density at radius 2 is 1.58 bits per heavy atom. The molecule has 2 aromatic heterocycles. The highest BCUT2D eigenvalue weighted by molar-refractivity contribution is 6.02. The van der Waals surface area contributed by atoms with Crippen LogP contribution in [0.1, 0.15) is 76.7 Å². The van der Waals surface area contributed by atoms with Gasteiger partial charge in [0.2, 0.25) is 11.8 Å². The Morgan fingerprint density at radius 1 is 0.861 bits per heavy atom. The highest BCUT2D eigenvalue weighted by Gasteiger charge is 2.57. The quantitative estimate of drug-likeness (QED) is 0.0694. The number of nitrogens with zero attached hydrogens (tertiary/aromatic N) is 7. The van der Waals surface area contributed by atoms with Crippen molar-refractivity contribution in [3.63, 3.8) is 0 Å². The summed E-state index contributed by atoms with van der Waals surface area (Å²) in [6, 6.07) is 11.6. The molecular formula is C54H62F4N10O4. The van der Waals surface area contributed by atoms with Crippen molar-refractivity contribution in [2.24, 2.45) is 10.8 Å². The van der Waals surface area contributed by atoms with Crippen LogP contribution in [-0.2, 0) is 16.0 Å². The summed E-state index contributed by atoms with van der Waals surface area (Å²) in [4.78, 5) is 46.9. The number of ether oxygens (including phenoxy) is 1. The molecule has 2 saturated carbocycles. The second-order valence-corrected chi connectivity index (χ2v) is 22.2. The summed E-state index contributed by atoms with van der Waals surface area (Å²) >= 11 is 0. The van der Waals surface area contributed by atoms with Crippen molar-refractivity contribution in [2.45, 2.75) is 101 Å². The molecule has 5 aliphatic heterocycles. The third-order valence-corrected chi connectivity index (χ3v) is 17.0. The fourth-order valence-electron chi connectivity index (χ4n) is 13.1. The predicted molar refractivity (Wildman–Crippen MR) is 267 cm³/mol. The minimum absolute atomic E-state index is 0.0155. The molecule has 2 aliphatic carbocycles. The molecule has 18 heteroatoms. The Labute approximate surface area is 415 Å². The number of phenolic OH excluding ortho intramolecular Hbond substituents is 1. The van der Waals surface area contributed by atoms with Crippen molar-refractivity contribution in [1.82, 2.24) is 35.4 Å². The van der Waals surface area contributed by atoms with Crippen molar-refractivity contribution in [1.29, 1.82) is 0 Å². The first-order chi connectivity index (χ1) is 34.7. The molecule has 3 atom stereocenters. The number of hydrogen-bond acceptors (Lipinski definition) is 13. The summed E-state index contributed by atoms with van der Waals surface area (Å²) in [6.07, 6.45) is 9.73. The first-order valence-corrected chi connectivity index (χ1v) is 26.0. The smallest absolute Gasteiger partial charge is 0.319 e. The topological polar surface area (TPSA) is 151 Å². The Kier molecular flexibility index (Phi) is 12.0. The molecule has 2 amide bonds. The molecule has 7 heterocycles. The molecule has 0 radical (unpaired) electrons. The van der Waals surface area contributed by atoms with Gasteiger partial charge in [0.15, 0.2) is 17.5 Å². The van der Waals surface area contributed by atoms with Gasteiger partial charge in [-0.05, 0) is 123 Å². The van der Waals surface area contributed by atoms with Gasteiger partial charge in [0.05, 0.1) is 12.0 Å². The Morgan fingerprint density at radius 3 is 2.28 bits per heavy atom. The van der Waals surface area contributed by atoms with Crippen molar-refractivity contribution in [3.8, 4) is 23.0 Å². The number of piperidine rings is 2. The molecule has 1 spiro atoms. The minimum atomic E-state index is -1.27. The lowest BCUT2D eigenvalue weighted by molar-refractivity contribution is -0.133. The summed E-state index contributed by atoms with van der Waals surface area (Å²) in [5, 5.41) is 21.5. The molecule has 4 N–H and O–H groups in total.